The minimum atomic E-state index is -1.04. The molecule has 2 heterocycles. The summed E-state index contributed by atoms with van der Waals surface area (Å²) in [5, 5.41) is 10.8. The Kier molecular flexibility index (Phi) is 6.09. The van der Waals surface area contributed by atoms with Crippen LogP contribution in [0.3, 0.4) is 0 Å². The van der Waals surface area contributed by atoms with Gasteiger partial charge >= 0.3 is 5.97 Å². The number of amides is 3. The van der Waals surface area contributed by atoms with Gasteiger partial charge in [-0.25, -0.2) is 9.18 Å². The third kappa shape index (κ3) is 5.01. The average Bonchev–Trinajstić information content (AvgIpc) is 3.34. The van der Waals surface area contributed by atoms with E-state index in [0.29, 0.717) is 28.8 Å². The summed E-state index contributed by atoms with van der Waals surface area (Å²) in [6.45, 7) is -0.516. The van der Waals surface area contributed by atoms with Crippen molar-refractivity contribution in [2.24, 2.45) is 0 Å². The highest BCUT2D eigenvalue weighted by atomic mass is 32.2. The van der Waals surface area contributed by atoms with Crippen molar-refractivity contribution in [1.29, 1.82) is 0 Å². The van der Waals surface area contributed by atoms with Crippen molar-refractivity contribution >= 4 is 46.5 Å². The normalized spacial score (nSPS) is 14.7. The van der Waals surface area contributed by atoms with E-state index in [1.807, 2.05) is 0 Å². The Morgan fingerprint density at radius 3 is 2.55 bits per heavy atom. The Balaban J connectivity index is 1.44. The predicted molar refractivity (Wildman–Crippen MR) is 119 cm³/mol. The number of nitrogens with zero attached hydrogens (tertiary/aromatic N) is 1. The van der Waals surface area contributed by atoms with Gasteiger partial charge in [-0.15, -0.1) is 0 Å². The molecule has 4 rings (SSSR count). The number of hydrogen-bond donors (Lipinski definition) is 2. The first-order chi connectivity index (χ1) is 15.8. The van der Waals surface area contributed by atoms with E-state index in [2.05, 4.69) is 5.32 Å². The molecule has 0 aliphatic carbocycles. The maximum Gasteiger partial charge on any atom is 0.335 e. The second kappa shape index (κ2) is 9.13. The summed E-state index contributed by atoms with van der Waals surface area (Å²) in [6, 6.07) is 14.6. The summed E-state index contributed by atoms with van der Waals surface area (Å²) >= 11 is 0.671. The number of nitrogens with one attached hydrogen (secondary N) is 1. The Morgan fingerprint density at radius 2 is 1.85 bits per heavy atom. The molecule has 1 fully saturated rings. The van der Waals surface area contributed by atoms with Crippen molar-refractivity contribution < 1.29 is 33.1 Å². The van der Waals surface area contributed by atoms with Gasteiger partial charge in [0.15, 0.2) is 0 Å². The van der Waals surface area contributed by atoms with Gasteiger partial charge in [0, 0.05) is 17.3 Å². The van der Waals surface area contributed by atoms with Gasteiger partial charge in [-0.1, -0.05) is 18.2 Å². The molecule has 2 N–H and O–H groups in total. The van der Waals surface area contributed by atoms with Crippen LogP contribution < -0.4 is 5.32 Å². The van der Waals surface area contributed by atoms with Crippen LogP contribution in [0.25, 0.3) is 17.4 Å². The molecule has 0 atom stereocenters. The highest BCUT2D eigenvalue weighted by molar-refractivity contribution is 8.18. The zero-order valence-electron chi connectivity index (χ0n) is 16.8. The Bertz CT molecular complexity index is 1300. The van der Waals surface area contributed by atoms with Crippen molar-refractivity contribution in [2.75, 3.05) is 11.9 Å². The molecule has 0 radical (unpaired) electrons. The molecule has 3 aromatic rings. The minimum absolute atomic E-state index is 0.0840. The molecule has 33 heavy (non-hydrogen) atoms. The first-order valence-corrected chi connectivity index (χ1v) is 10.4. The molecule has 3 amide bonds. The number of carbonyl (C=O) groups is 4. The van der Waals surface area contributed by atoms with Crippen LogP contribution in [0.2, 0.25) is 0 Å². The molecule has 8 nitrogen and oxygen atoms in total. The monoisotopic (exact) mass is 466 g/mol. The highest BCUT2D eigenvalue weighted by Gasteiger charge is 2.36. The molecule has 1 aliphatic heterocycles. The van der Waals surface area contributed by atoms with E-state index in [4.69, 9.17) is 9.52 Å². The van der Waals surface area contributed by atoms with E-state index in [0.717, 1.165) is 11.0 Å². The molecule has 1 aliphatic rings. The lowest BCUT2D eigenvalue weighted by molar-refractivity contribution is -0.127. The van der Waals surface area contributed by atoms with E-state index < -0.39 is 35.4 Å². The van der Waals surface area contributed by atoms with E-state index in [9.17, 15) is 23.6 Å². The first kappa shape index (κ1) is 22.0. The van der Waals surface area contributed by atoms with Crippen LogP contribution in [-0.2, 0) is 9.59 Å². The van der Waals surface area contributed by atoms with Crippen LogP contribution in [-0.4, -0.2) is 39.6 Å². The SMILES string of the molecule is O=C(CN1C(=O)S/C(=C/c2ccc(-c3ccc(C(=O)O)cc3)o2)C1=O)Nc1cccc(F)c1. The third-order valence-electron chi connectivity index (χ3n) is 4.60. The molecule has 1 aromatic heterocycles. The second-order valence-electron chi connectivity index (χ2n) is 6.91. The predicted octanol–water partition coefficient (Wildman–Crippen LogP) is 4.46. The lowest BCUT2D eigenvalue weighted by Crippen LogP contribution is -2.36. The summed E-state index contributed by atoms with van der Waals surface area (Å²) in [7, 11) is 0. The first-order valence-electron chi connectivity index (χ1n) is 9.54. The van der Waals surface area contributed by atoms with Crippen molar-refractivity contribution in [3.8, 4) is 11.3 Å². The highest BCUT2D eigenvalue weighted by Crippen LogP contribution is 2.33. The van der Waals surface area contributed by atoms with Crippen LogP contribution in [0.15, 0.2) is 70.0 Å². The van der Waals surface area contributed by atoms with Gasteiger partial charge in [0.2, 0.25) is 5.91 Å². The number of hydrogen-bond acceptors (Lipinski definition) is 6. The van der Waals surface area contributed by atoms with E-state index >= 15 is 0 Å². The van der Waals surface area contributed by atoms with Crippen molar-refractivity contribution in [3.05, 3.63) is 82.7 Å². The molecule has 0 bridgehead atoms. The van der Waals surface area contributed by atoms with E-state index in [1.165, 1.54) is 36.4 Å². The number of benzene rings is 2. The fourth-order valence-corrected chi connectivity index (χ4v) is 3.86. The molecule has 0 unspecified atom stereocenters. The quantitative estimate of drug-likeness (QED) is 0.515. The van der Waals surface area contributed by atoms with Crippen LogP contribution in [0, 0.1) is 5.82 Å². The molecule has 1 saturated heterocycles. The summed E-state index contributed by atoms with van der Waals surface area (Å²) in [5.41, 5.74) is 0.990. The van der Waals surface area contributed by atoms with Crippen molar-refractivity contribution in [3.63, 3.8) is 0 Å². The fraction of sp³-hybridized carbons (Fsp3) is 0.0435. The smallest absolute Gasteiger partial charge is 0.335 e. The number of furan rings is 1. The Labute approximate surface area is 190 Å². The van der Waals surface area contributed by atoms with Gasteiger partial charge in [-0.05, 0) is 54.2 Å². The van der Waals surface area contributed by atoms with Crippen molar-refractivity contribution in [1.82, 2.24) is 4.90 Å². The lowest BCUT2D eigenvalue weighted by Gasteiger charge is -2.12. The van der Waals surface area contributed by atoms with Gasteiger partial charge in [-0.2, -0.15) is 0 Å². The summed E-state index contributed by atoms with van der Waals surface area (Å²) in [5.74, 6) is -2.11. The Hall–Kier alpha value is -4.18. The van der Waals surface area contributed by atoms with Gasteiger partial charge < -0.3 is 14.8 Å². The molecule has 2 aromatic carbocycles. The number of carboxylic acid groups (broad SMARTS) is 1. The van der Waals surface area contributed by atoms with Crippen molar-refractivity contribution in [2.45, 2.75) is 0 Å². The van der Waals surface area contributed by atoms with E-state index in [1.54, 1.807) is 24.3 Å². The maximum absolute atomic E-state index is 13.3. The number of halogens is 1. The largest absolute Gasteiger partial charge is 0.478 e. The molecule has 10 heteroatoms. The molecule has 166 valence electrons. The van der Waals surface area contributed by atoms with Crippen LogP contribution >= 0.6 is 11.8 Å². The average molecular weight is 466 g/mol. The van der Waals surface area contributed by atoms with Crippen LogP contribution in [0.1, 0.15) is 16.1 Å². The van der Waals surface area contributed by atoms with Gasteiger partial charge in [0.25, 0.3) is 11.1 Å². The number of rotatable bonds is 6. The number of imide groups is 1. The second-order valence-corrected chi connectivity index (χ2v) is 7.90. The fourth-order valence-electron chi connectivity index (χ4n) is 3.04. The summed E-state index contributed by atoms with van der Waals surface area (Å²) in [6.07, 6.45) is 1.39. The maximum atomic E-state index is 13.3. The summed E-state index contributed by atoms with van der Waals surface area (Å²) < 4.78 is 18.9. The standard InChI is InChI=1S/C23H15FN2O6S/c24-15-2-1-3-16(10-15)25-20(27)12-26-21(28)19(33-23(26)31)11-17-8-9-18(32-17)13-4-6-14(7-5-13)22(29)30/h1-11H,12H2,(H,25,27)(H,29,30)/b19-11+. The van der Waals surface area contributed by atoms with E-state index in [-0.39, 0.29) is 16.2 Å². The Morgan fingerprint density at radius 1 is 1.09 bits per heavy atom. The summed E-state index contributed by atoms with van der Waals surface area (Å²) in [4.78, 5) is 48.9. The number of carbonyl (C=O) groups excluding carboxylic acids is 3. The number of thioether (sulfide) groups is 1. The van der Waals surface area contributed by atoms with Gasteiger partial charge in [0.05, 0.1) is 10.5 Å². The third-order valence-corrected chi connectivity index (χ3v) is 5.51. The number of carboxylic acids is 1. The number of aromatic carboxylic acids is 1. The lowest BCUT2D eigenvalue weighted by atomic mass is 10.1. The molecular weight excluding hydrogens is 451 g/mol. The zero-order chi connectivity index (χ0) is 23.5. The zero-order valence-corrected chi connectivity index (χ0v) is 17.6. The van der Waals surface area contributed by atoms with Crippen LogP contribution in [0.4, 0.5) is 14.9 Å². The number of anilines is 1. The molecule has 0 spiro atoms. The topological polar surface area (TPSA) is 117 Å². The molecule has 0 saturated carbocycles. The van der Waals surface area contributed by atoms with Crippen LogP contribution in [0.5, 0.6) is 0 Å². The minimum Gasteiger partial charge on any atom is -0.478 e. The van der Waals surface area contributed by atoms with Gasteiger partial charge in [-0.3, -0.25) is 19.3 Å². The van der Waals surface area contributed by atoms with Gasteiger partial charge in [0.1, 0.15) is 23.9 Å². The molecular formula is C23H15FN2O6S.